The number of aryl methyl sites for hydroxylation is 2. The minimum atomic E-state index is -0.621. The largest absolute Gasteiger partial charge is 0.497 e. The van der Waals surface area contributed by atoms with Gasteiger partial charge in [-0.25, -0.2) is 4.79 Å². The van der Waals surface area contributed by atoms with Gasteiger partial charge in [-0.2, -0.15) is 0 Å². The molecule has 1 amide bonds. The molecule has 6 nitrogen and oxygen atoms in total. The summed E-state index contributed by atoms with van der Waals surface area (Å²) in [5, 5.41) is 2.83. The molecule has 1 atom stereocenters. The van der Waals surface area contributed by atoms with E-state index in [-0.39, 0.29) is 18.6 Å². The highest BCUT2D eigenvalue weighted by Gasteiger charge is 2.12. The summed E-state index contributed by atoms with van der Waals surface area (Å²) in [7, 11) is 3.10. The Morgan fingerprint density at radius 3 is 2.45 bits per heavy atom. The first-order chi connectivity index (χ1) is 13.8. The zero-order chi connectivity index (χ0) is 21.4. The molecule has 0 aliphatic rings. The molecule has 0 heterocycles. The van der Waals surface area contributed by atoms with Gasteiger partial charge in [0.15, 0.2) is 6.61 Å². The van der Waals surface area contributed by atoms with Gasteiger partial charge in [0.2, 0.25) is 0 Å². The first-order valence-corrected chi connectivity index (χ1v) is 9.27. The highest BCUT2D eigenvalue weighted by Crippen LogP contribution is 2.25. The minimum absolute atomic E-state index is 0.183. The van der Waals surface area contributed by atoms with Gasteiger partial charge in [0.1, 0.15) is 11.5 Å². The van der Waals surface area contributed by atoms with Crippen LogP contribution in [0.2, 0.25) is 0 Å². The predicted octanol–water partition coefficient (Wildman–Crippen LogP) is 3.75. The van der Waals surface area contributed by atoms with Gasteiger partial charge in [-0.1, -0.05) is 18.2 Å². The molecular weight excluding hydrogens is 370 g/mol. The number of nitrogens with one attached hydrogen (secondary N) is 1. The fraction of sp³-hybridized carbons (Fsp3) is 0.304. The molecule has 0 aliphatic heterocycles. The van der Waals surface area contributed by atoms with E-state index < -0.39 is 5.97 Å². The second kappa shape index (κ2) is 10.3. The van der Waals surface area contributed by atoms with Gasteiger partial charge in [0.25, 0.3) is 5.91 Å². The van der Waals surface area contributed by atoms with Crippen LogP contribution in [0.3, 0.4) is 0 Å². The minimum Gasteiger partial charge on any atom is -0.497 e. The summed E-state index contributed by atoms with van der Waals surface area (Å²) in [6.45, 7) is 5.60. The summed E-state index contributed by atoms with van der Waals surface area (Å²) < 4.78 is 15.4. The van der Waals surface area contributed by atoms with Crippen LogP contribution in [0.5, 0.6) is 11.5 Å². The lowest BCUT2D eigenvalue weighted by atomic mass is 10.0. The average Bonchev–Trinajstić information content (AvgIpc) is 2.72. The molecule has 1 N–H and O–H groups in total. The number of amides is 1. The number of ether oxygens (including phenoxy) is 3. The maximum Gasteiger partial charge on any atom is 0.331 e. The van der Waals surface area contributed by atoms with Crippen molar-refractivity contribution >= 4 is 18.0 Å². The van der Waals surface area contributed by atoms with E-state index in [1.54, 1.807) is 38.5 Å². The third kappa shape index (κ3) is 6.38. The van der Waals surface area contributed by atoms with E-state index in [2.05, 4.69) is 5.32 Å². The highest BCUT2D eigenvalue weighted by molar-refractivity contribution is 5.89. The van der Waals surface area contributed by atoms with Crippen molar-refractivity contribution in [3.05, 3.63) is 64.7 Å². The molecule has 2 rings (SSSR count). The van der Waals surface area contributed by atoms with Gasteiger partial charge < -0.3 is 19.5 Å². The Bertz CT molecular complexity index is 904. The Morgan fingerprint density at radius 1 is 1.03 bits per heavy atom. The van der Waals surface area contributed by atoms with Crippen molar-refractivity contribution in [1.82, 2.24) is 5.32 Å². The molecule has 1 unspecified atom stereocenters. The van der Waals surface area contributed by atoms with Gasteiger partial charge >= 0.3 is 5.97 Å². The Hall–Kier alpha value is -3.28. The van der Waals surface area contributed by atoms with Crippen LogP contribution in [0.1, 0.15) is 35.2 Å². The molecule has 0 bridgehead atoms. The van der Waals surface area contributed by atoms with Crippen molar-refractivity contribution in [2.45, 2.75) is 26.8 Å². The molecule has 0 spiro atoms. The first-order valence-electron chi connectivity index (χ1n) is 9.27. The molecule has 2 aromatic rings. The van der Waals surface area contributed by atoms with Gasteiger partial charge in [0.05, 0.1) is 20.3 Å². The maximum absolute atomic E-state index is 12.1. The van der Waals surface area contributed by atoms with Crippen LogP contribution >= 0.6 is 0 Å². The Morgan fingerprint density at radius 2 is 1.79 bits per heavy atom. The molecule has 154 valence electrons. The van der Waals surface area contributed by atoms with Crippen molar-refractivity contribution in [2.24, 2.45) is 0 Å². The van der Waals surface area contributed by atoms with Crippen LogP contribution in [0.15, 0.2) is 42.5 Å². The first kappa shape index (κ1) is 22.0. The van der Waals surface area contributed by atoms with Gasteiger partial charge in [-0.3, -0.25) is 4.79 Å². The topological polar surface area (TPSA) is 73.9 Å². The van der Waals surface area contributed by atoms with E-state index in [9.17, 15) is 9.59 Å². The highest BCUT2D eigenvalue weighted by atomic mass is 16.5. The fourth-order valence-corrected chi connectivity index (χ4v) is 2.71. The van der Waals surface area contributed by atoms with Crippen LogP contribution in [-0.2, 0) is 14.3 Å². The summed E-state index contributed by atoms with van der Waals surface area (Å²) in [5.74, 6) is 0.244. The standard InChI is InChI=1S/C23H27NO5/c1-15-6-7-18(12-16(15)2)17(3)24-22(25)14-29-23(26)11-8-19-13-20(27-4)9-10-21(19)28-5/h6-13,17H,14H2,1-5H3,(H,24,25)/b11-8+. The lowest BCUT2D eigenvalue weighted by Gasteiger charge is -2.15. The monoisotopic (exact) mass is 397 g/mol. The van der Waals surface area contributed by atoms with E-state index >= 15 is 0 Å². The number of esters is 1. The van der Waals surface area contributed by atoms with Crippen molar-refractivity contribution < 1.29 is 23.8 Å². The quantitative estimate of drug-likeness (QED) is 0.542. The van der Waals surface area contributed by atoms with Crippen LogP contribution in [-0.4, -0.2) is 32.7 Å². The summed E-state index contributed by atoms with van der Waals surface area (Å²) in [5.41, 5.74) is 4.02. The molecule has 2 aromatic carbocycles. The van der Waals surface area contributed by atoms with Crippen molar-refractivity contribution in [2.75, 3.05) is 20.8 Å². The molecular formula is C23H27NO5. The molecule has 0 aromatic heterocycles. The Balaban J connectivity index is 1.89. The van der Waals surface area contributed by atoms with Gasteiger partial charge in [0, 0.05) is 11.6 Å². The number of carbonyl (C=O) groups excluding carboxylic acids is 2. The number of hydrogen-bond acceptors (Lipinski definition) is 5. The zero-order valence-electron chi connectivity index (χ0n) is 17.4. The summed E-state index contributed by atoms with van der Waals surface area (Å²) in [4.78, 5) is 24.0. The van der Waals surface area contributed by atoms with Crippen LogP contribution in [0.25, 0.3) is 6.08 Å². The lowest BCUT2D eigenvalue weighted by molar-refractivity contribution is -0.144. The Kier molecular flexibility index (Phi) is 7.83. The van der Waals surface area contributed by atoms with E-state index in [1.807, 2.05) is 39.0 Å². The second-order valence-corrected chi connectivity index (χ2v) is 6.68. The van der Waals surface area contributed by atoms with E-state index in [0.29, 0.717) is 17.1 Å². The molecule has 0 saturated carbocycles. The normalized spacial score (nSPS) is 11.8. The number of hydrogen-bond donors (Lipinski definition) is 1. The number of rotatable bonds is 8. The van der Waals surface area contributed by atoms with Crippen molar-refractivity contribution in [1.29, 1.82) is 0 Å². The zero-order valence-corrected chi connectivity index (χ0v) is 17.4. The van der Waals surface area contributed by atoms with Crippen molar-refractivity contribution in [3.8, 4) is 11.5 Å². The fourth-order valence-electron chi connectivity index (χ4n) is 2.71. The SMILES string of the molecule is COc1ccc(OC)c(/C=C/C(=O)OCC(=O)NC(C)c2ccc(C)c(C)c2)c1. The number of methoxy groups -OCH3 is 2. The molecule has 6 heteroatoms. The predicted molar refractivity (Wildman–Crippen MR) is 112 cm³/mol. The van der Waals surface area contributed by atoms with Crippen LogP contribution < -0.4 is 14.8 Å². The molecule has 0 aliphatic carbocycles. The summed E-state index contributed by atoms with van der Waals surface area (Å²) in [6, 6.07) is 11.1. The average molecular weight is 397 g/mol. The van der Waals surface area contributed by atoms with Gasteiger partial charge in [-0.05, 0) is 61.7 Å². The van der Waals surface area contributed by atoms with Crippen molar-refractivity contribution in [3.63, 3.8) is 0 Å². The third-order valence-electron chi connectivity index (χ3n) is 4.59. The summed E-state index contributed by atoms with van der Waals surface area (Å²) >= 11 is 0. The third-order valence-corrected chi connectivity index (χ3v) is 4.59. The van der Waals surface area contributed by atoms with Crippen LogP contribution in [0, 0.1) is 13.8 Å². The maximum atomic E-state index is 12.1. The Labute approximate surface area is 171 Å². The number of carbonyl (C=O) groups is 2. The molecule has 29 heavy (non-hydrogen) atoms. The molecule has 0 saturated heterocycles. The van der Waals surface area contributed by atoms with E-state index in [1.165, 1.54) is 11.6 Å². The lowest BCUT2D eigenvalue weighted by Crippen LogP contribution is -2.31. The molecule has 0 fully saturated rings. The summed E-state index contributed by atoms with van der Waals surface area (Å²) in [6.07, 6.45) is 2.80. The van der Waals surface area contributed by atoms with Gasteiger partial charge in [-0.15, -0.1) is 0 Å². The second-order valence-electron chi connectivity index (χ2n) is 6.68. The number of benzene rings is 2. The smallest absolute Gasteiger partial charge is 0.331 e. The van der Waals surface area contributed by atoms with E-state index in [4.69, 9.17) is 14.2 Å². The van der Waals surface area contributed by atoms with E-state index in [0.717, 1.165) is 11.1 Å². The van der Waals surface area contributed by atoms with Crippen LogP contribution in [0.4, 0.5) is 0 Å². The molecule has 0 radical (unpaired) electrons.